The molecule has 0 aliphatic heterocycles. The molecule has 112 valence electrons. The van der Waals surface area contributed by atoms with Crippen LogP contribution < -0.4 is 5.32 Å². The van der Waals surface area contributed by atoms with Gasteiger partial charge in [-0.2, -0.15) is 0 Å². The molecule has 1 heterocycles. The molecule has 0 saturated carbocycles. The predicted molar refractivity (Wildman–Crippen MR) is 87.3 cm³/mol. The van der Waals surface area contributed by atoms with Crippen molar-refractivity contribution in [1.82, 2.24) is 14.9 Å². The molecular weight excluding hydrogens is 260 g/mol. The van der Waals surface area contributed by atoms with E-state index in [1.165, 1.54) is 11.1 Å². The topological polar surface area (TPSA) is 41.0 Å². The molecule has 0 radical (unpaired) electrons. The van der Waals surface area contributed by atoms with Gasteiger partial charge in [0, 0.05) is 24.8 Å². The van der Waals surface area contributed by atoms with Crippen LogP contribution in [0.5, 0.6) is 0 Å². The molecule has 21 heavy (non-hydrogen) atoms. The number of benzene rings is 1. The summed E-state index contributed by atoms with van der Waals surface area (Å²) >= 11 is 0. The van der Waals surface area contributed by atoms with Crippen LogP contribution in [0.4, 0.5) is 5.82 Å². The van der Waals surface area contributed by atoms with Crippen molar-refractivity contribution in [2.45, 2.75) is 33.9 Å². The van der Waals surface area contributed by atoms with Crippen LogP contribution in [0.3, 0.4) is 0 Å². The SMILES string of the molecule is CCN(C)Cc1cccc(CNc2cc(C)nc(C)n2)c1. The smallest absolute Gasteiger partial charge is 0.130 e. The maximum absolute atomic E-state index is 4.40. The summed E-state index contributed by atoms with van der Waals surface area (Å²) in [4.78, 5) is 11.0. The van der Waals surface area contributed by atoms with E-state index >= 15 is 0 Å². The fourth-order valence-corrected chi connectivity index (χ4v) is 2.26. The van der Waals surface area contributed by atoms with Gasteiger partial charge in [-0.1, -0.05) is 31.2 Å². The van der Waals surface area contributed by atoms with Crippen molar-refractivity contribution < 1.29 is 0 Å². The standard InChI is InChI=1S/C17H24N4/c1-5-21(4)12-16-8-6-7-15(10-16)11-18-17-9-13(2)19-14(3)20-17/h6-10H,5,11-12H2,1-4H3,(H,18,19,20). The minimum absolute atomic E-state index is 0.777. The number of anilines is 1. The van der Waals surface area contributed by atoms with Gasteiger partial charge in [-0.05, 0) is 38.6 Å². The molecule has 0 saturated heterocycles. The second kappa shape index (κ2) is 7.18. The zero-order valence-corrected chi connectivity index (χ0v) is 13.3. The van der Waals surface area contributed by atoms with E-state index in [2.05, 4.69) is 58.4 Å². The van der Waals surface area contributed by atoms with Gasteiger partial charge < -0.3 is 10.2 Å². The molecule has 0 fully saturated rings. The maximum atomic E-state index is 4.40. The van der Waals surface area contributed by atoms with Gasteiger partial charge in [0.05, 0.1) is 0 Å². The molecule has 0 amide bonds. The van der Waals surface area contributed by atoms with Crippen molar-refractivity contribution in [2.75, 3.05) is 18.9 Å². The number of rotatable bonds is 6. The zero-order chi connectivity index (χ0) is 15.2. The molecule has 4 nitrogen and oxygen atoms in total. The lowest BCUT2D eigenvalue weighted by Crippen LogP contribution is -2.16. The fourth-order valence-electron chi connectivity index (χ4n) is 2.26. The summed E-state index contributed by atoms with van der Waals surface area (Å²) in [5, 5.41) is 3.37. The van der Waals surface area contributed by atoms with Crippen LogP contribution in [-0.2, 0) is 13.1 Å². The first-order chi connectivity index (χ1) is 10.1. The van der Waals surface area contributed by atoms with Gasteiger partial charge >= 0.3 is 0 Å². The van der Waals surface area contributed by atoms with E-state index < -0.39 is 0 Å². The van der Waals surface area contributed by atoms with Crippen molar-refractivity contribution >= 4 is 5.82 Å². The number of hydrogen-bond donors (Lipinski definition) is 1. The first-order valence-electron chi connectivity index (χ1n) is 7.39. The third-order valence-electron chi connectivity index (χ3n) is 3.42. The molecule has 0 spiro atoms. The summed E-state index contributed by atoms with van der Waals surface area (Å²) in [5.41, 5.74) is 3.60. The molecule has 2 rings (SSSR count). The van der Waals surface area contributed by atoms with Gasteiger partial charge in [-0.3, -0.25) is 0 Å². The molecule has 1 N–H and O–H groups in total. The first-order valence-corrected chi connectivity index (χ1v) is 7.39. The Morgan fingerprint density at radius 2 is 1.86 bits per heavy atom. The van der Waals surface area contributed by atoms with Crippen LogP contribution in [0.2, 0.25) is 0 Å². The number of aryl methyl sites for hydroxylation is 2. The predicted octanol–water partition coefficient (Wildman–Crippen LogP) is 3.16. The van der Waals surface area contributed by atoms with Crippen LogP contribution in [-0.4, -0.2) is 28.5 Å². The lowest BCUT2D eigenvalue weighted by atomic mass is 10.1. The Morgan fingerprint density at radius 3 is 2.57 bits per heavy atom. The fraction of sp³-hybridized carbons (Fsp3) is 0.412. The number of nitrogens with one attached hydrogen (secondary N) is 1. The number of aromatic nitrogens is 2. The average Bonchev–Trinajstić information content (AvgIpc) is 2.44. The van der Waals surface area contributed by atoms with Crippen LogP contribution in [0.15, 0.2) is 30.3 Å². The monoisotopic (exact) mass is 284 g/mol. The normalized spacial score (nSPS) is 10.9. The Kier molecular flexibility index (Phi) is 5.28. The molecule has 1 aromatic heterocycles. The quantitative estimate of drug-likeness (QED) is 0.884. The van der Waals surface area contributed by atoms with E-state index in [4.69, 9.17) is 0 Å². The van der Waals surface area contributed by atoms with Crippen molar-refractivity contribution in [3.63, 3.8) is 0 Å². The Labute approximate surface area is 127 Å². The van der Waals surface area contributed by atoms with Gasteiger partial charge in [0.25, 0.3) is 0 Å². The summed E-state index contributed by atoms with van der Waals surface area (Å²) < 4.78 is 0. The van der Waals surface area contributed by atoms with E-state index in [9.17, 15) is 0 Å². The molecule has 0 unspecified atom stereocenters. The van der Waals surface area contributed by atoms with Crippen LogP contribution in [0, 0.1) is 13.8 Å². The number of hydrogen-bond acceptors (Lipinski definition) is 4. The lowest BCUT2D eigenvalue weighted by molar-refractivity contribution is 0.345. The summed E-state index contributed by atoms with van der Waals surface area (Å²) in [5.74, 6) is 1.69. The molecule has 0 aliphatic carbocycles. The maximum Gasteiger partial charge on any atom is 0.130 e. The zero-order valence-electron chi connectivity index (χ0n) is 13.3. The van der Waals surface area contributed by atoms with Crippen molar-refractivity contribution in [2.24, 2.45) is 0 Å². The third-order valence-corrected chi connectivity index (χ3v) is 3.42. The summed E-state index contributed by atoms with van der Waals surface area (Å²) in [6, 6.07) is 10.7. The second-order valence-corrected chi connectivity index (χ2v) is 5.45. The Morgan fingerprint density at radius 1 is 1.10 bits per heavy atom. The van der Waals surface area contributed by atoms with Crippen LogP contribution in [0.25, 0.3) is 0 Å². The second-order valence-electron chi connectivity index (χ2n) is 5.45. The molecule has 0 atom stereocenters. The molecule has 1 aromatic carbocycles. The molecular formula is C17H24N4. The summed E-state index contributed by atoms with van der Waals surface area (Å²) in [6.07, 6.45) is 0. The van der Waals surface area contributed by atoms with Crippen LogP contribution >= 0.6 is 0 Å². The van der Waals surface area contributed by atoms with E-state index in [1.807, 2.05) is 19.9 Å². The van der Waals surface area contributed by atoms with E-state index in [1.54, 1.807) is 0 Å². The minimum atomic E-state index is 0.777. The van der Waals surface area contributed by atoms with E-state index in [0.29, 0.717) is 0 Å². The minimum Gasteiger partial charge on any atom is -0.366 e. The van der Waals surface area contributed by atoms with Gasteiger partial charge in [0.1, 0.15) is 11.6 Å². The Balaban J connectivity index is 2.01. The largest absolute Gasteiger partial charge is 0.366 e. The van der Waals surface area contributed by atoms with Crippen molar-refractivity contribution in [3.8, 4) is 0 Å². The molecule has 2 aromatic rings. The Hall–Kier alpha value is -1.94. The highest BCUT2D eigenvalue weighted by atomic mass is 15.1. The summed E-state index contributed by atoms with van der Waals surface area (Å²) in [7, 11) is 2.14. The first kappa shape index (κ1) is 15.4. The summed E-state index contributed by atoms with van der Waals surface area (Å²) in [6.45, 7) is 8.89. The van der Waals surface area contributed by atoms with E-state index in [-0.39, 0.29) is 0 Å². The number of nitrogens with zero attached hydrogens (tertiary/aromatic N) is 3. The van der Waals surface area contributed by atoms with Gasteiger partial charge in [0.15, 0.2) is 0 Å². The van der Waals surface area contributed by atoms with Gasteiger partial charge in [-0.15, -0.1) is 0 Å². The highest BCUT2D eigenvalue weighted by Crippen LogP contribution is 2.11. The van der Waals surface area contributed by atoms with Crippen LogP contribution in [0.1, 0.15) is 29.6 Å². The highest BCUT2D eigenvalue weighted by molar-refractivity contribution is 5.37. The van der Waals surface area contributed by atoms with Crippen molar-refractivity contribution in [1.29, 1.82) is 0 Å². The molecule has 4 heteroatoms. The van der Waals surface area contributed by atoms with Gasteiger partial charge in [0.2, 0.25) is 0 Å². The lowest BCUT2D eigenvalue weighted by Gasteiger charge is -2.14. The third kappa shape index (κ3) is 4.83. The molecule has 0 bridgehead atoms. The average molecular weight is 284 g/mol. The van der Waals surface area contributed by atoms with E-state index in [0.717, 1.165) is 37.0 Å². The van der Waals surface area contributed by atoms with Crippen molar-refractivity contribution in [3.05, 3.63) is 53.0 Å². The Bertz CT molecular complexity index is 575. The highest BCUT2D eigenvalue weighted by Gasteiger charge is 2.01. The molecule has 0 aliphatic rings. The van der Waals surface area contributed by atoms with Gasteiger partial charge in [-0.25, -0.2) is 9.97 Å².